The Balaban J connectivity index is 0.000000514. The number of hydrogen-bond donors (Lipinski definition) is 0. The molecule has 2 aliphatic rings. The zero-order valence-electron chi connectivity index (χ0n) is 11.7. The van der Waals surface area contributed by atoms with Gasteiger partial charge in [0.2, 0.25) is 0 Å². The Morgan fingerprint density at radius 3 is 2.65 bits per heavy atom. The molecule has 3 rings (SSSR count). The monoisotopic (exact) mass is 231 g/mol. The van der Waals surface area contributed by atoms with Crippen molar-refractivity contribution in [1.82, 2.24) is 0 Å². The van der Waals surface area contributed by atoms with E-state index in [9.17, 15) is 0 Å². The molecule has 0 amide bonds. The third kappa shape index (κ3) is 1.86. The Bertz CT molecular complexity index is 397. The fourth-order valence-electron chi connectivity index (χ4n) is 3.49. The molecule has 0 bridgehead atoms. The van der Waals surface area contributed by atoms with Gasteiger partial charge in [-0.25, -0.2) is 0 Å². The van der Waals surface area contributed by atoms with Gasteiger partial charge in [0.15, 0.2) is 0 Å². The highest BCUT2D eigenvalue weighted by Gasteiger charge is 2.42. The van der Waals surface area contributed by atoms with Crippen LogP contribution in [0.4, 0.5) is 5.69 Å². The molecule has 0 radical (unpaired) electrons. The van der Waals surface area contributed by atoms with E-state index in [1.54, 1.807) is 16.8 Å². The molecule has 0 spiro atoms. The van der Waals surface area contributed by atoms with E-state index in [0.29, 0.717) is 5.54 Å². The molecule has 2 heterocycles. The lowest BCUT2D eigenvalue weighted by molar-refractivity contribution is 0.412. The summed E-state index contributed by atoms with van der Waals surface area (Å²) < 4.78 is 0. The third-order valence-corrected chi connectivity index (χ3v) is 4.09. The summed E-state index contributed by atoms with van der Waals surface area (Å²) in [5.74, 6) is 0. The highest BCUT2D eigenvalue weighted by molar-refractivity contribution is 5.69. The lowest BCUT2D eigenvalue weighted by atomic mass is 9.90. The van der Waals surface area contributed by atoms with E-state index < -0.39 is 0 Å². The van der Waals surface area contributed by atoms with E-state index in [-0.39, 0.29) is 0 Å². The maximum atomic E-state index is 2.67. The van der Waals surface area contributed by atoms with E-state index in [0.717, 1.165) is 0 Å². The maximum Gasteiger partial charge on any atom is 0.0437 e. The molecule has 0 N–H and O–H groups in total. The minimum atomic E-state index is 0.406. The van der Waals surface area contributed by atoms with Crippen LogP contribution in [0, 0.1) is 0 Å². The first kappa shape index (κ1) is 12.5. The first-order valence-electron chi connectivity index (χ1n) is 7.13. The Morgan fingerprint density at radius 2 is 1.94 bits per heavy atom. The summed E-state index contributed by atoms with van der Waals surface area (Å²) in [4.78, 5) is 2.67. The van der Waals surface area contributed by atoms with E-state index in [4.69, 9.17) is 0 Å². The zero-order chi connectivity index (χ0) is 12.5. The Hall–Kier alpha value is -0.980. The van der Waals surface area contributed by atoms with Crippen molar-refractivity contribution < 1.29 is 0 Å². The second-order valence-electron chi connectivity index (χ2n) is 5.25. The Morgan fingerprint density at radius 1 is 1.24 bits per heavy atom. The van der Waals surface area contributed by atoms with E-state index >= 15 is 0 Å². The van der Waals surface area contributed by atoms with Crippen molar-refractivity contribution in [1.29, 1.82) is 0 Å². The third-order valence-electron chi connectivity index (χ3n) is 4.09. The summed E-state index contributed by atoms with van der Waals surface area (Å²) in [6, 6.07) is 6.85. The van der Waals surface area contributed by atoms with Gasteiger partial charge < -0.3 is 4.90 Å². The number of hydrogen-bond acceptors (Lipinski definition) is 1. The van der Waals surface area contributed by atoms with Gasteiger partial charge in [-0.15, -0.1) is 0 Å². The second kappa shape index (κ2) is 4.72. The molecule has 0 fully saturated rings. The number of nitrogens with zero attached hydrogens (tertiary/aromatic N) is 1. The minimum Gasteiger partial charge on any atom is -0.365 e. The fraction of sp³-hybridized carbons (Fsp3) is 0.625. The Kier molecular flexibility index (Phi) is 3.46. The van der Waals surface area contributed by atoms with Gasteiger partial charge in [-0.1, -0.05) is 45.4 Å². The first-order valence-corrected chi connectivity index (χ1v) is 7.13. The largest absolute Gasteiger partial charge is 0.365 e. The fourth-order valence-corrected chi connectivity index (χ4v) is 3.49. The average Bonchev–Trinajstić information content (AvgIpc) is 2.88. The molecule has 2 aliphatic heterocycles. The smallest absolute Gasteiger partial charge is 0.0437 e. The highest BCUT2D eigenvalue weighted by atomic mass is 15.2. The number of benzene rings is 1. The highest BCUT2D eigenvalue weighted by Crippen LogP contribution is 2.46. The van der Waals surface area contributed by atoms with Crippen molar-refractivity contribution in [2.24, 2.45) is 0 Å². The van der Waals surface area contributed by atoms with Crippen LogP contribution < -0.4 is 4.90 Å². The van der Waals surface area contributed by atoms with Gasteiger partial charge in [0.1, 0.15) is 0 Å². The van der Waals surface area contributed by atoms with Gasteiger partial charge in [-0.05, 0) is 37.3 Å². The summed E-state index contributed by atoms with van der Waals surface area (Å²) in [5, 5.41) is 0. The summed E-state index contributed by atoms with van der Waals surface area (Å²) in [6.45, 7) is 9.97. The molecule has 17 heavy (non-hydrogen) atoms. The molecule has 94 valence electrons. The van der Waals surface area contributed by atoms with E-state index in [1.165, 1.54) is 32.2 Å². The lowest BCUT2D eigenvalue weighted by Gasteiger charge is -2.35. The lowest BCUT2D eigenvalue weighted by Crippen LogP contribution is -2.43. The first-order chi connectivity index (χ1) is 8.24. The molecule has 0 aliphatic carbocycles. The molecule has 0 saturated heterocycles. The van der Waals surface area contributed by atoms with Crippen molar-refractivity contribution >= 4 is 5.69 Å². The molecule has 0 aromatic heterocycles. The van der Waals surface area contributed by atoms with Crippen LogP contribution in [0.5, 0.6) is 0 Å². The van der Waals surface area contributed by atoms with Crippen LogP contribution in [0.1, 0.15) is 51.7 Å². The number of para-hydroxylation sites is 1. The average molecular weight is 231 g/mol. The molecule has 1 aromatic carbocycles. The molecule has 1 nitrogen and oxygen atoms in total. The quantitative estimate of drug-likeness (QED) is 0.737. The molecule has 1 unspecified atom stereocenters. The van der Waals surface area contributed by atoms with Crippen LogP contribution in [-0.4, -0.2) is 12.1 Å². The van der Waals surface area contributed by atoms with Crippen molar-refractivity contribution in [3.05, 3.63) is 29.3 Å². The minimum absolute atomic E-state index is 0.406. The second-order valence-corrected chi connectivity index (χ2v) is 5.25. The zero-order valence-corrected chi connectivity index (χ0v) is 11.7. The molecule has 0 saturated carbocycles. The van der Waals surface area contributed by atoms with Crippen LogP contribution in [-0.2, 0) is 12.8 Å². The molecule has 1 heteroatoms. The van der Waals surface area contributed by atoms with Crippen molar-refractivity contribution in [2.45, 2.75) is 58.9 Å². The van der Waals surface area contributed by atoms with E-state index in [1.807, 2.05) is 13.8 Å². The van der Waals surface area contributed by atoms with Crippen molar-refractivity contribution in [3.63, 3.8) is 0 Å². The van der Waals surface area contributed by atoms with Crippen LogP contribution in [0.25, 0.3) is 0 Å². The van der Waals surface area contributed by atoms with Gasteiger partial charge in [-0.3, -0.25) is 0 Å². The Labute approximate surface area is 106 Å². The maximum absolute atomic E-state index is 2.67. The summed E-state index contributed by atoms with van der Waals surface area (Å²) in [7, 11) is 0. The van der Waals surface area contributed by atoms with Gasteiger partial charge in [0, 0.05) is 17.8 Å². The standard InChI is InChI=1S/C14H19N.C2H6/c1-3-8-14(2)10-12-6-4-5-11-7-9-15(14)13(11)12;1-2/h4-6H,3,7-10H2,1-2H3;1-2H3. The van der Waals surface area contributed by atoms with Gasteiger partial charge in [-0.2, -0.15) is 0 Å². The predicted molar refractivity (Wildman–Crippen MR) is 75.9 cm³/mol. The topological polar surface area (TPSA) is 3.24 Å². The molecule has 1 atom stereocenters. The normalized spacial score (nSPS) is 24.4. The van der Waals surface area contributed by atoms with Gasteiger partial charge in [0.25, 0.3) is 0 Å². The number of rotatable bonds is 2. The summed E-state index contributed by atoms with van der Waals surface area (Å²) in [6.07, 6.45) is 5.12. The predicted octanol–water partition coefficient (Wildman–Crippen LogP) is 4.19. The van der Waals surface area contributed by atoms with Gasteiger partial charge in [0.05, 0.1) is 0 Å². The van der Waals surface area contributed by atoms with E-state index in [2.05, 4.69) is 36.9 Å². The number of anilines is 1. The van der Waals surface area contributed by atoms with Crippen LogP contribution in [0.2, 0.25) is 0 Å². The van der Waals surface area contributed by atoms with Crippen LogP contribution >= 0.6 is 0 Å². The summed E-state index contributed by atoms with van der Waals surface area (Å²) >= 11 is 0. The van der Waals surface area contributed by atoms with Crippen molar-refractivity contribution in [2.75, 3.05) is 11.4 Å². The molecular weight excluding hydrogens is 206 g/mol. The molecule has 1 aromatic rings. The summed E-state index contributed by atoms with van der Waals surface area (Å²) in [5.41, 5.74) is 5.14. The molecular formula is C16H25N. The SMILES string of the molecule is CC.CCCC1(C)Cc2cccc3c2N1CC3. The van der Waals surface area contributed by atoms with Crippen molar-refractivity contribution in [3.8, 4) is 0 Å². The van der Waals surface area contributed by atoms with Crippen LogP contribution in [0.3, 0.4) is 0 Å². The van der Waals surface area contributed by atoms with Gasteiger partial charge >= 0.3 is 0 Å². The van der Waals surface area contributed by atoms with Crippen LogP contribution in [0.15, 0.2) is 18.2 Å².